The second-order valence-electron chi connectivity index (χ2n) is 3.36. The first kappa shape index (κ1) is 11.5. The van der Waals surface area contributed by atoms with Gasteiger partial charge in [-0.25, -0.2) is 18.3 Å². The average molecular weight is 219 g/mol. The van der Waals surface area contributed by atoms with Gasteiger partial charge in [-0.1, -0.05) is 19.1 Å². The van der Waals surface area contributed by atoms with Crippen LogP contribution in [0, 0.1) is 0 Å². The quantitative estimate of drug-likeness (QED) is 0.830. The van der Waals surface area contributed by atoms with Gasteiger partial charge in [0.05, 0.1) is 5.69 Å². The summed E-state index contributed by atoms with van der Waals surface area (Å²) >= 11 is 0. The van der Waals surface area contributed by atoms with E-state index < -0.39 is 18.9 Å². The zero-order valence-corrected chi connectivity index (χ0v) is 8.31. The third-order valence-electron chi connectivity index (χ3n) is 1.83. The number of halogens is 2. The summed E-state index contributed by atoms with van der Waals surface area (Å²) < 4.78 is 25.2. The Morgan fingerprint density at radius 2 is 2.13 bits per heavy atom. The van der Waals surface area contributed by atoms with Gasteiger partial charge in [-0.05, 0) is 5.92 Å². The fraction of sp³-hybridized carbons (Fsp3) is 0.625. The predicted molar refractivity (Wildman–Crippen MR) is 47.1 cm³/mol. The van der Waals surface area contributed by atoms with E-state index in [4.69, 9.17) is 5.11 Å². The fourth-order valence-electron chi connectivity index (χ4n) is 1.31. The minimum atomic E-state index is -2.58. The van der Waals surface area contributed by atoms with E-state index in [2.05, 4.69) is 10.3 Å². The van der Waals surface area contributed by atoms with Crippen LogP contribution in [0.5, 0.6) is 0 Å². The number of aromatic nitrogens is 3. The van der Waals surface area contributed by atoms with Crippen LogP contribution in [0.25, 0.3) is 0 Å². The molecule has 0 saturated carbocycles. The van der Waals surface area contributed by atoms with Crippen LogP contribution in [0.15, 0.2) is 0 Å². The monoisotopic (exact) mass is 219 g/mol. The van der Waals surface area contributed by atoms with Crippen molar-refractivity contribution >= 4 is 5.97 Å². The van der Waals surface area contributed by atoms with Crippen molar-refractivity contribution in [2.24, 2.45) is 0 Å². The van der Waals surface area contributed by atoms with Crippen LogP contribution in [-0.4, -0.2) is 32.5 Å². The molecule has 1 aromatic heterocycles. The smallest absolute Gasteiger partial charge is 0.358 e. The highest BCUT2D eigenvalue weighted by molar-refractivity contribution is 5.86. The number of nitrogens with zero attached hydrogens (tertiary/aromatic N) is 3. The third-order valence-corrected chi connectivity index (χ3v) is 1.83. The van der Waals surface area contributed by atoms with Crippen molar-refractivity contribution in [1.82, 2.24) is 15.0 Å². The number of hydrogen-bond donors (Lipinski definition) is 1. The Hall–Kier alpha value is -1.53. The molecule has 0 saturated heterocycles. The largest absolute Gasteiger partial charge is 0.476 e. The SMILES string of the molecule is CC(C)c1c(C(=O)O)nnn1CC(F)F. The van der Waals surface area contributed by atoms with Gasteiger partial charge in [0.25, 0.3) is 6.43 Å². The molecule has 0 spiro atoms. The molecule has 1 heterocycles. The van der Waals surface area contributed by atoms with Gasteiger partial charge in [0, 0.05) is 0 Å². The van der Waals surface area contributed by atoms with Crippen LogP contribution in [0.1, 0.15) is 35.9 Å². The summed E-state index contributed by atoms with van der Waals surface area (Å²) in [5.74, 6) is -1.47. The molecule has 0 radical (unpaired) electrons. The number of alkyl halides is 2. The Kier molecular flexibility index (Phi) is 3.33. The fourth-order valence-corrected chi connectivity index (χ4v) is 1.31. The number of hydrogen-bond acceptors (Lipinski definition) is 3. The highest BCUT2D eigenvalue weighted by Crippen LogP contribution is 2.18. The van der Waals surface area contributed by atoms with Gasteiger partial charge in [0.2, 0.25) is 0 Å². The summed E-state index contributed by atoms with van der Waals surface area (Å²) in [4.78, 5) is 10.7. The molecule has 0 atom stereocenters. The van der Waals surface area contributed by atoms with E-state index in [1.165, 1.54) is 0 Å². The van der Waals surface area contributed by atoms with E-state index in [0.29, 0.717) is 0 Å². The normalized spacial score (nSPS) is 11.3. The van der Waals surface area contributed by atoms with Crippen LogP contribution >= 0.6 is 0 Å². The minimum absolute atomic E-state index is 0.218. The first-order valence-electron chi connectivity index (χ1n) is 4.38. The molecule has 1 N–H and O–H groups in total. The Bertz CT molecular complexity index is 363. The molecule has 0 aliphatic heterocycles. The average Bonchev–Trinajstić information content (AvgIpc) is 2.46. The summed E-state index contributed by atoms with van der Waals surface area (Å²) in [5, 5.41) is 15.5. The third kappa shape index (κ3) is 2.48. The Morgan fingerprint density at radius 1 is 1.53 bits per heavy atom. The Morgan fingerprint density at radius 3 is 2.53 bits per heavy atom. The minimum Gasteiger partial charge on any atom is -0.476 e. The summed E-state index contributed by atoms with van der Waals surface area (Å²) in [5.41, 5.74) is -0.0338. The zero-order chi connectivity index (χ0) is 11.6. The highest BCUT2D eigenvalue weighted by atomic mass is 19.3. The standard InChI is InChI=1S/C8H11F2N3O2/c1-4(2)7-6(8(14)15)11-12-13(7)3-5(9)10/h4-5H,3H2,1-2H3,(H,14,15). The molecule has 84 valence electrons. The molecule has 0 unspecified atom stereocenters. The summed E-state index contributed by atoms with van der Waals surface area (Å²) in [6, 6.07) is 0. The van der Waals surface area contributed by atoms with E-state index in [-0.39, 0.29) is 17.3 Å². The molecule has 15 heavy (non-hydrogen) atoms. The number of carboxylic acid groups (broad SMARTS) is 1. The van der Waals surface area contributed by atoms with E-state index in [9.17, 15) is 13.6 Å². The lowest BCUT2D eigenvalue weighted by molar-refractivity contribution is 0.0687. The van der Waals surface area contributed by atoms with E-state index in [1.807, 2.05) is 0 Å². The van der Waals surface area contributed by atoms with Gasteiger partial charge in [-0.2, -0.15) is 0 Å². The maximum Gasteiger partial charge on any atom is 0.358 e. The summed E-state index contributed by atoms with van der Waals surface area (Å²) in [6.07, 6.45) is -2.58. The lowest BCUT2D eigenvalue weighted by Crippen LogP contribution is -2.14. The molecule has 0 fully saturated rings. The molecule has 0 aliphatic carbocycles. The molecule has 0 aliphatic rings. The van der Waals surface area contributed by atoms with Gasteiger partial charge in [0.15, 0.2) is 5.69 Å². The van der Waals surface area contributed by atoms with Crippen molar-refractivity contribution in [1.29, 1.82) is 0 Å². The van der Waals surface area contributed by atoms with Crippen molar-refractivity contribution in [2.45, 2.75) is 32.7 Å². The Balaban J connectivity index is 3.12. The highest BCUT2D eigenvalue weighted by Gasteiger charge is 2.22. The maximum absolute atomic E-state index is 12.1. The van der Waals surface area contributed by atoms with Crippen molar-refractivity contribution in [3.8, 4) is 0 Å². The molecule has 0 amide bonds. The predicted octanol–water partition coefficient (Wildman–Crippen LogP) is 1.36. The van der Waals surface area contributed by atoms with Gasteiger partial charge < -0.3 is 5.11 Å². The van der Waals surface area contributed by atoms with Crippen molar-refractivity contribution in [3.63, 3.8) is 0 Å². The van der Waals surface area contributed by atoms with Crippen LogP contribution in [0.2, 0.25) is 0 Å². The van der Waals surface area contributed by atoms with Gasteiger partial charge in [0.1, 0.15) is 6.54 Å². The van der Waals surface area contributed by atoms with Gasteiger partial charge >= 0.3 is 5.97 Å². The maximum atomic E-state index is 12.1. The first-order chi connectivity index (χ1) is 6.93. The topological polar surface area (TPSA) is 68.0 Å². The van der Waals surface area contributed by atoms with Crippen molar-refractivity contribution in [2.75, 3.05) is 0 Å². The van der Waals surface area contributed by atoms with E-state index in [0.717, 1.165) is 4.68 Å². The van der Waals surface area contributed by atoms with Crippen LogP contribution < -0.4 is 0 Å². The molecule has 5 nitrogen and oxygen atoms in total. The molecular formula is C8H11F2N3O2. The molecule has 0 aromatic carbocycles. The van der Waals surface area contributed by atoms with Crippen LogP contribution in [0.3, 0.4) is 0 Å². The Labute approximate surface area is 84.7 Å². The van der Waals surface area contributed by atoms with Crippen molar-refractivity contribution in [3.05, 3.63) is 11.4 Å². The van der Waals surface area contributed by atoms with Gasteiger partial charge in [-0.15, -0.1) is 5.10 Å². The number of rotatable bonds is 4. The lowest BCUT2D eigenvalue weighted by Gasteiger charge is -2.08. The molecule has 1 aromatic rings. The first-order valence-corrected chi connectivity index (χ1v) is 4.38. The lowest BCUT2D eigenvalue weighted by atomic mass is 10.1. The second-order valence-corrected chi connectivity index (χ2v) is 3.36. The summed E-state index contributed by atoms with van der Waals surface area (Å²) in [6.45, 7) is 2.77. The van der Waals surface area contributed by atoms with Crippen LogP contribution in [0.4, 0.5) is 8.78 Å². The molecule has 1 rings (SSSR count). The van der Waals surface area contributed by atoms with Crippen molar-refractivity contribution < 1.29 is 18.7 Å². The summed E-state index contributed by atoms with van der Waals surface area (Å²) in [7, 11) is 0. The molecule has 0 bridgehead atoms. The number of carboxylic acids is 1. The second kappa shape index (κ2) is 4.33. The zero-order valence-electron chi connectivity index (χ0n) is 8.31. The van der Waals surface area contributed by atoms with Gasteiger partial charge in [-0.3, -0.25) is 0 Å². The molecule has 7 heteroatoms. The number of aromatic carboxylic acids is 1. The number of carbonyl (C=O) groups is 1. The molecular weight excluding hydrogens is 208 g/mol. The van der Waals surface area contributed by atoms with E-state index >= 15 is 0 Å². The van der Waals surface area contributed by atoms with E-state index in [1.54, 1.807) is 13.8 Å². The van der Waals surface area contributed by atoms with Crippen LogP contribution in [-0.2, 0) is 6.54 Å².